The Labute approximate surface area is 77.2 Å². The summed E-state index contributed by atoms with van der Waals surface area (Å²) < 4.78 is 0. The smallest absolute Gasteiger partial charge is 0.00411 e. The van der Waals surface area contributed by atoms with Crippen LogP contribution in [0, 0.1) is 5.92 Å². The number of rotatable bonds is 7. The molecule has 1 N–H and O–H groups in total. The highest BCUT2D eigenvalue weighted by atomic mass is 14.9. The maximum absolute atomic E-state index is 3.73. The van der Waals surface area contributed by atoms with Gasteiger partial charge >= 0.3 is 0 Å². The molecule has 0 saturated heterocycles. The van der Waals surface area contributed by atoms with E-state index < -0.39 is 0 Å². The molecular weight excluding hydrogens is 146 g/mol. The first kappa shape index (κ1) is 11.7. The van der Waals surface area contributed by atoms with Gasteiger partial charge in [0.15, 0.2) is 0 Å². The van der Waals surface area contributed by atoms with Crippen LogP contribution in [0.15, 0.2) is 12.7 Å². The molecule has 0 spiro atoms. The van der Waals surface area contributed by atoms with Gasteiger partial charge in [-0.3, -0.25) is 0 Å². The molecule has 0 saturated carbocycles. The topological polar surface area (TPSA) is 12.0 Å². The van der Waals surface area contributed by atoms with Crippen molar-refractivity contribution in [2.45, 2.75) is 46.1 Å². The summed E-state index contributed by atoms with van der Waals surface area (Å²) in [7, 11) is 0. The van der Waals surface area contributed by atoms with Crippen LogP contribution in [0.5, 0.6) is 0 Å². The van der Waals surface area contributed by atoms with Crippen molar-refractivity contribution in [3.63, 3.8) is 0 Å². The molecular formula is C11H23N. The molecule has 0 aliphatic heterocycles. The molecule has 0 aliphatic carbocycles. The van der Waals surface area contributed by atoms with Crippen molar-refractivity contribution in [3.05, 3.63) is 12.7 Å². The molecule has 0 aliphatic rings. The highest BCUT2D eigenvalue weighted by Gasteiger charge is 2.05. The largest absolute Gasteiger partial charge is 0.315 e. The van der Waals surface area contributed by atoms with Gasteiger partial charge in [0, 0.05) is 6.04 Å². The Hall–Kier alpha value is -0.300. The van der Waals surface area contributed by atoms with Gasteiger partial charge in [0.05, 0.1) is 0 Å². The van der Waals surface area contributed by atoms with E-state index in [1.54, 1.807) is 0 Å². The minimum Gasteiger partial charge on any atom is -0.315 e. The highest BCUT2D eigenvalue weighted by molar-refractivity contribution is 4.70. The van der Waals surface area contributed by atoms with Crippen molar-refractivity contribution in [1.29, 1.82) is 0 Å². The predicted octanol–water partition coefficient (Wildman–Crippen LogP) is 2.98. The fraction of sp³-hybridized carbons (Fsp3) is 0.818. The van der Waals surface area contributed by atoms with Gasteiger partial charge in [-0.25, -0.2) is 0 Å². The normalized spacial score (nSPS) is 15.6. The van der Waals surface area contributed by atoms with Gasteiger partial charge in [0.1, 0.15) is 0 Å². The van der Waals surface area contributed by atoms with E-state index in [0.29, 0.717) is 6.04 Å². The lowest BCUT2D eigenvalue weighted by atomic mass is 9.98. The quantitative estimate of drug-likeness (QED) is 0.578. The lowest BCUT2D eigenvalue weighted by Crippen LogP contribution is -2.27. The zero-order chi connectivity index (χ0) is 9.40. The summed E-state index contributed by atoms with van der Waals surface area (Å²) in [4.78, 5) is 0. The Morgan fingerprint density at radius 1 is 1.42 bits per heavy atom. The summed E-state index contributed by atoms with van der Waals surface area (Å²) >= 11 is 0. The second kappa shape index (κ2) is 7.35. The molecule has 0 radical (unpaired) electrons. The van der Waals surface area contributed by atoms with Crippen LogP contribution in [0.1, 0.15) is 40.0 Å². The summed E-state index contributed by atoms with van der Waals surface area (Å²) in [6.45, 7) is 11.5. The van der Waals surface area contributed by atoms with Crippen LogP contribution < -0.4 is 5.32 Å². The van der Waals surface area contributed by atoms with Crippen molar-refractivity contribution in [3.8, 4) is 0 Å². The Morgan fingerprint density at radius 2 is 2.08 bits per heavy atom. The second-order valence-electron chi connectivity index (χ2n) is 3.67. The number of hydrogen-bond donors (Lipinski definition) is 1. The molecule has 72 valence electrons. The zero-order valence-corrected chi connectivity index (χ0v) is 8.77. The van der Waals surface area contributed by atoms with Crippen LogP contribution in [0.4, 0.5) is 0 Å². The van der Waals surface area contributed by atoms with E-state index in [-0.39, 0.29) is 0 Å². The minimum atomic E-state index is 0.662. The summed E-state index contributed by atoms with van der Waals surface area (Å²) in [6.07, 6.45) is 5.72. The van der Waals surface area contributed by atoms with Crippen molar-refractivity contribution in [2.24, 2.45) is 5.92 Å². The Bertz CT molecular complexity index is 110. The fourth-order valence-corrected chi connectivity index (χ4v) is 1.56. The van der Waals surface area contributed by atoms with Crippen molar-refractivity contribution < 1.29 is 0 Å². The van der Waals surface area contributed by atoms with Crippen LogP contribution in [0.2, 0.25) is 0 Å². The zero-order valence-electron chi connectivity index (χ0n) is 8.77. The molecule has 1 nitrogen and oxygen atoms in total. The minimum absolute atomic E-state index is 0.662. The van der Waals surface area contributed by atoms with Gasteiger partial charge in [-0.1, -0.05) is 19.9 Å². The first-order chi connectivity index (χ1) is 5.70. The third-order valence-corrected chi connectivity index (χ3v) is 2.17. The predicted molar refractivity (Wildman–Crippen MR) is 56.4 cm³/mol. The van der Waals surface area contributed by atoms with Gasteiger partial charge in [-0.2, -0.15) is 0 Å². The van der Waals surface area contributed by atoms with E-state index in [1.165, 1.54) is 12.8 Å². The van der Waals surface area contributed by atoms with E-state index in [0.717, 1.165) is 18.9 Å². The first-order valence-corrected chi connectivity index (χ1v) is 5.05. The van der Waals surface area contributed by atoms with Gasteiger partial charge < -0.3 is 5.32 Å². The molecule has 0 bridgehead atoms. The van der Waals surface area contributed by atoms with Gasteiger partial charge in [-0.15, -0.1) is 6.58 Å². The molecule has 0 fully saturated rings. The molecule has 2 atom stereocenters. The summed E-state index contributed by atoms with van der Waals surface area (Å²) in [5.41, 5.74) is 0. The van der Waals surface area contributed by atoms with Crippen LogP contribution in [0.25, 0.3) is 0 Å². The summed E-state index contributed by atoms with van der Waals surface area (Å²) in [5.74, 6) is 0.817. The van der Waals surface area contributed by atoms with E-state index in [9.17, 15) is 0 Å². The van der Waals surface area contributed by atoms with Crippen LogP contribution in [0.3, 0.4) is 0 Å². The lowest BCUT2D eigenvalue weighted by molar-refractivity contribution is 0.410. The van der Waals surface area contributed by atoms with Crippen LogP contribution in [-0.4, -0.2) is 12.6 Å². The third kappa shape index (κ3) is 6.41. The Morgan fingerprint density at radius 3 is 2.58 bits per heavy atom. The third-order valence-electron chi connectivity index (χ3n) is 2.17. The highest BCUT2D eigenvalue weighted by Crippen LogP contribution is 2.12. The molecule has 0 aromatic carbocycles. The van der Waals surface area contributed by atoms with E-state index in [2.05, 4.69) is 32.7 Å². The Kier molecular flexibility index (Phi) is 7.17. The monoisotopic (exact) mass is 169 g/mol. The van der Waals surface area contributed by atoms with Crippen LogP contribution in [-0.2, 0) is 0 Å². The van der Waals surface area contributed by atoms with E-state index in [1.807, 2.05) is 6.08 Å². The van der Waals surface area contributed by atoms with Gasteiger partial charge in [0.2, 0.25) is 0 Å². The fourth-order valence-electron chi connectivity index (χ4n) is 1.56. The van der Waals surface area contributed by atoms with Crippen molar-refractivity contribution in [1.82, 2.24) is 5.32 Å². The van der Waals surface area contributed by atoms with E-state index >= 15 is 0 Å². The molecule has 0 amide bonds. The number of allylic oxidation sites excluding steroid dienone is 1. The average Bonchev–Trinajstić information content (AvgIpc) is 2.01. The van der Waals surface area contributed by atoms with Gasteiger partial charge in [-0.05, 0) is 38.6 Å². The van der Waals surface area contributed by atoms with Crippen LogP contribution >= 0.6 is 0 Å². The maximum Gasteiger partial charge on any atom is 0.00411 e. The van der Waals surface area contributed by atoms with Gasteiger partial charge in [0.25, 0.3) is 0 Å². The summed E-state index contributed by atoms with van der Waals surface area (Å²) in [6, 6.07) is 0.662. The standard InChI is InChI=1S/C11H23N/c1-5-7-8-10(3)9-11(4)12-6-2/h5,10-12H,1,6-9H2,2-4H3. The lowest BCUT2D eigenvalue weighted by Gasteiger charge is -2.17. The Balaban J connectivity index is 3.39. The molecule has 1 heteroatoms. The molecule has 0 aromatic heterocycles. The maximum atomic E-state index is 3.73. The second-order valence-corrected chi connectivity index (χ2v) is 3.67. The number of nitrogens with one attached hydrogen (secondary N) is 1. The molecule has 12 heavy (non-hydrogen) atoms. The molecule has 0 heterocycles. The van der Waals surface area contributed by atoms with Crippen molar-refractivity contribution in [2.75, 3.05) is 6.54 Å². The summed E-state index contributed by atoms with van der Waals surface area (Å²) in [5, 5.41) is 3.43. The SMILES string of the molecule is C=CCCC(C)CC(C)NCC. The first-order valence-electron chi connectivity index (χ1n) is 5.05. The molecule has 2 unspecified atom stereocenters. The number of hydrogen-bond acceptors (Lipinski definition) is 1. The van der Waals surface area contributed by atoms with E-state index in [4.69, 9.17) is 0 Å². The van der Waals surface area contributed by atoms with Crippen molar-refractivity contribution >= 4 is 0 Å². The molecule has 0 aromatic rings. The molecule has 0 rings (SSSR count). The average molecular weight is 169 g/mol.